The summed E-state index contributed by atoms with van der Waals surface area (Å²) in [6.45, 7) is 3.91. The molecule has 0 spiro atoms. The molecule has 0 radical (unpaired) electrons. The lowest BCUT2D eigenvalue weighted by Crippen LogP contribution is -2.40. The minimum Gasteiger partial charge on any atom is -0.387 e. The second kappa shape index (κ2) is 9.68. The molecule has 25 heavy (non-hydrogen) atoms. The van der Waals surface area contributed by atoms with Crippen molar-refractivity contribution in [3.63, 3.8) is 0 Å². The zero-order chi connectivity index (χ0) is 18.1. The number of amides is 1. The van der Waals surface area contributed by atoms with E-state index in [0.29, 0.717) is 18.7 Å². The van der Waals surface area contributed by atoms with Crippen molar-refractivity contribution in [1.82, 2.24) is 16.0 Å². The molecule has 1 amide bonds. The number of benzene rings is 1. The Morgan fingerprint density at radius 3 is 2.92 bits per heavy atom. The molecule has 138 valence electrons. The highest BCUT2D eigenvalue weighted by molar-refractivity contribution is 7.99. The van der Waals surface area contributed by atoms with Crippen molar-refractivity contribution in [1.29, 1.82) is 0 Å². The molecule has 7 heteroatoms. The summed E-state index contributed by atoms with van der Waals surface area (Å²) in [5, 5.41) is 19.5. The van der Waals surface area contributed by atoms with Crippen molar-refractivity contribution in [3.05, 3.63) is 35.4 Å². The van der Waals surface area contributed by atoms with Gasteiger partial charge in [0.1, 0.15) is 0 Å². The van der Waals surface area contributed by atoms with Gasteiger partial charge in [0, 0.05) is 31.5 Å². The maximum absolute atomic E-state index is 11.7. The minimum absolute atomic E-state index is 0.0765. The van der Waals surface area contributed by atoms with Gasteiger partial charge in [0.05, 0.1) is 12.1 Å². The number of aliphatic hydroxyl groups is 1. The third-order valence-corrected chi connectivity index (χ3v) is 5.31. The number of hydrogen-bond acceptors (Lipinski definition) is 4. The number of carbonyl (C=O) groups excluding carboxylic acids is 1. The second-order valence-corrected chi connectivity index (χ2v) is 7.28. The molecule has 1 aromatic rings. The molecule has 1 aliphatic rings. The van der Waals surface area contributed by atoms with Crippen molar-refractivity contribution in [3.8, 4) is 0 Å². The van der Waals surface area contributed by atoms with Crippen LogP contribution in [-0.4, -0.2) is 60.8 Å². The van der Waals surface area contributed by atoms with E-state index in [4.69, 9.17) is 0 Å². The summed E-state index contributed by atoms with van der Waals surface area (Å²) < 4.78 is 0. The fraction of sp³-hybridized carbons (Fsp3) is 0.556. The van der Waals surface area contributed by atoms with Gasteiger partial charge in [-0.25, -0.2) is 0 Å². The van der Waals surface area contributed by atoms with Crippen LogP contribution in [0, 0.1) is 0 Å². The monoisotopic (exact) mass is 364 g/mol. The number of rotatable bonds is 7. The van der Waals surface area contributed by atoms with Gasteiger partial charge >= 0.3 is 0 Å². The minimum atomic E-state index is -0.672. The van der Waals surface area contributed by atoms with Gasteiger partial charge in [-0.15, -0.1) is 0 Å². The summed E-state index contributed by atoms with van der Waals surface area (Å²) in [7, 11) is 1.63. The largest absolute Gasteiger partial charge is 0.387 e. The van der Waals surface area contributed by atoms with E-state index in [9.17, 15) is 9.90 Å². The Hall–Kier alpha value is -1.73. The van der Waals surface area contributed by atoms with E-state index >= 15 is 0 Å². The van der Waals surface area contributed by atoms with Crippen molar-refractivity contribution < 1.29 is 9.90 Å². The van der Waals surface area contributed by atoms with Crippen LogP contribution in [0.25, 0.3) is 0 Å². The zero-order valence-corrected chi connectivity index (χ0v) is 15.8. The molecule has 4 N–H and O–H groups in total. The van der Waals surface area contributed by atoms with Gasteiger partial charge in [-0.1, -0.05) is 12.1 Å². The van der Waals surface area contributed by atoms with Crippen molar-refractivity contribution in [2.24, 2.45) is 4.99 Å². The van der Waals surface area contributed by atoms with Crippen LogP contribution in [0.3, 0.4) is 0 Å². The van der Waals surface area contributed by atoms with Gasteiger partial charge in [-0.05, 0) is 43.2 Å². The lowest BCUT2D eigenvalue weighted by Gasteiger charge is -2.19. The van der Waals surface area contributed by atoms with Gasteiger partial charge in [0.2, 0.25) is 0 Å². The number of thioether (sulfide) groups is 1. The van der Waals surface area contributed by atoms with Crippen LogP contribution >= 0.6 is 11.8 Å². The summed E-state index contributed by atoms with van der Waals surface area (Å²) >= 11 is 1.77. The number of nitrogens with zero attached hydrogens (tertiary/aromatic N) is 1. The molecule has 1 saturated heterocycles. The molecule has 0 aliphatic carbocycles. The predicted molar refractivity (Wildman–Crippen MR) is 104 cm³/mol. The Morgan fingerprint density at radius 2 is 2.24 bits per heavy atom. The maximum Gasteiger partial charge on any atom is 0.251 e. The molecular formula is C18H28N4O2S. The van der Waals surface area contributed by atoms with E-state index in [2.05, 4.69) is 20.9 Å². The topological polar surface area (TPSA) is 85.8 Å². The highest BCUT2D eigenvalue weighted by Gasteiger charge is 2.31. The summed E-state index contributed by atoms with van der Waals surface area (Å²) in [4.78, 5) is 16.2. The Kier molecular flexibility index (Phi) is 7.58. The number of carbonyl (C=O) groups is 1. The normalized spacial score (nSPS) is 20.4. The fourth-order valence-electron chi connectivity index (χ4n) is 2.63. The van der Waals surface area contributed by atoms with Gasteiger partial charge in [0.15, 0.2) is 5.96 Å². The molecule has 1 atom stereocenters. The summed E-state index contributed by atoms with van der Waals surface area (Å²) in [5.74, 6) is 2.39. The van der Waals surface area contributed by atoms with Gasteiger partial charge in [-0.2, -0.15) is 11.8 Å². The summed E-state index contributed by atoms with van der Waals surface area (Å²) in [6, 6.07) is 7.62. The number of aliphatic imine (C=N–C) groups is 1. The van der Waals surface area contributed by atoms with Crippen LogP contribution in [0.4, 0.5) is 0 Å². The molecule has 1 unspecified atom stereocenters. The number of guanidine groups is 1. The van der Waals surface area contributed by atoms with Crippen LogP contribution in [0.15, 0.2) is 29.3 Å². The quantitative estimate of drug-likeness (QED) is 0.429. The molecule has 2 rings (SSSR count). The van der Waals surface area contributed by atoms with Crippen LogP contribution in [0.2, 0.25) is 0 Å². The maximum atomic E-state index is 11.7. The van der Waals surface area contributed by atoms with Crippen LogP contribution < -0.4 is 16.0 Å². The third kappa shape index (κ3) is 6.25. The molecule has 0 saturated carbocycles. The van der Waals surface area contributed by atoms with E-state index in [0.717, 1.165) is 42.4 Å². The SMILES string of the molecule is CCNC(=NCC1(O)CCSC1)NCCc1cccc(C(=O)NC)c1. The summed E-state index contributed by atoms with van der Waals surface area (Å²) in [6.07, 6.45) is 1.59. The molecule has 0 aromatic heterocycles. The molecule has 1 fully saturated rings. The van der Waals surface area contributed by atoms with Crippen LogP contribution in [0.5, 0.6) is 0 Å². The second-order valence-electron chi connectivity index (χ2n) is 6.18. The Balaban J connectivity index is 1.87. The smallest absolute Gasteiger partial charge is 0.251 e. The number of nitrogens with one attached hydrogen (secondary N) is 3. The van der Waals surface area contributed by atoms with Crippen molar-refractivity contribution >= 4 is 23.6 Å². The highest BCUT2D eigenvalue weighted by atomic mass is 32.2. The van der Waals surface area contributed by atoms with Gasteiger partial charge in [0.25, 0.3) is 5.91 Å². The van der Waals surface area contributed by atoms with E-state index in [1.807, 2.05) is 31.2 Å². The van der Waals surface area contributed by atoms with Crippen molar-refractivity contribution in [2.45, 2.75) is 25.4 Å². The molecule has 1 aliphatic heterocycles. The Labute approximate surface area is 153 Å². The average molecular weight is 365 g/mol. The Morgan fingerprint density at radius 1 is 1.40 bits per heavy atom. The lowest BCUT2D eigenvalue weighted by molar-refractivity contribution is 0.0778. The fourth-order valence-corrected chi connectivity index (χ4v) is 3.91. The third-order valence-electron chi connectivity index (χ3n) is 4.08. The van der Waals surface area contributed by atoms with E-state index in [1.54, 1.807) is 18.8 Å². The zero-order valence-electron chi connectivity index (χ0n) is 15.0. The number of hydrogen-bond donors (Lipinski definition) is 4. The lowest BCUT2D eigenvalue weighted by atomic mass is 10.1. The first-order valence-corrected chi connectivity index (χ1v) is 9.85. The van der Waals surface area contributed by atoms with Gasteiger partial charge < -0.3 is 21.1 Å². The molecule has 6 nitrogen and oxygen atoms in total. The predicted octanol–water partition coefficient (Wildman–Crippen LogP) is 1.01. The summed E-state index contributed by atoms with van der Waals surface area (Å²) in [5.41, 5.74) is 1.09. The molecule has 0 bridgehead atoms. The molecule has 1 heterocycles. The first kappa shape index (κ1) is 19.6. The van der Waals surface area contributed by atoms with Crippen molar-refractivity contribution in [2.75, 3.05) is 38.2 Å². The molecular weight excluding hydrogens is 336 g/mol. The van der Waals surface area contributed by atoms with E-state index < -0.39 is 5.60 Å². The van der Waals surface area contributed by atoms with E-state index in [1.165, 1.54) is 0 Å². The van der Waals surface area contributed by atoms with E-state index in [-0.39, 0.29) is 5.91 Å². The molecule has 1 aromatic carbocycles. The highest BCUT2D eigenvalue weighted by Crippen LogP contribution is 2.27. The van der Waals surface area contributed by atoms with Gasteiger partial charge in [-0.3, -0.25) is 9.79 Å². The first-order chi connectivity index (χ1) is 12.1. The average Bonchev–Trinajstić information content (AvgIpc) is 3.06. The standard InChI is InChI=1S/C18H28N4O2S/c1-3-20-17(22-12-18(24)8-10-25-13-18)21-9-7-14-5-4-6-15(11-14)16(23)19-2/h4-6,11,24H,3,7-10,12-13H2,1-2H3,(H,19,23)(H2,20,21,22). The Bertz CT molecular complexity index is 600. The first-order valence-electron chi connectivity index (χ1n) is 8.69. The van der Waals surface area contributed by atoms with Crippen LogP contribution in [-0.2, 0) is 6.42 Å². The van der Waals surface area contributed by atoms with Crippen LogP contribution in [0.1, 0.15) is 29.3 Å².